The summed E-state index contributed by atoms with van der Waals surface area (Å²) in [6.45, 7) is 15.6. The number of methoxy groups -OCH3 is 2. The molecule has 1 unspecified atom stereocenters. The summed E-state index contributed by atoms with van der Waals surface area (Å²) in [6.07, 6.45) is -0.720. The number of unbranched alkanes of at least 4 members (excludes halogenated alkanes) is 1. The molecule has 3 aromatic carbocycles. The lowest BCUT2D eigenvalue weighted by atomic mass is 9.80. The molecule has 4 heterocycles. The predicted octanol–water partition coefficient (Wildman–Crippen LogP) is 7.59. The lowest BCUT2D eigenvalue weighted by Gasteiger charge is -2.39. The van der Waals surface area contributed by atoms with Crippen LogP contribution in [0.25, 0.3) is 0 Å². The molecular formula is C51H68N5O13PSi. The Bertz CT molecular complexity index is 2830. The van der Waals surface area contributed by atoms with Crippen LogP contribution in [-0.2, 0) is 37.9 Å². The molecule has 2 aromatic heterocycles. The van der Waals surface area contributed by atoms with Crippen molar-refractivity contribution in [3.05, 3.63) is 161 Å². The van der Waals surface area contributed by atoms with E-state index >= 15 is 4.57 Å². The van der Waals surface area contributed by atoms with Gasteiger partial charge in [-0.1, -0.05) is 88.7 Å². The van der Waals surface area contributed by atoms with Crippen LogP contribution in [0.2, 0.25) is 18.1 Å². The lowest BCUT2D eigenvalue weighted by Crippen LogP contribution is -2.46. The number of aromatic amines is 2. The number of hydrogen-bond donors (Lipinski definition) is 3. The molecule has 2 saturated heterocycles. The summed E-state index contributed by atoms with van der Waals surface area (Å²) >= 11 is 0. The fourth-order valence-corrected chi connectivity index (χ4v) is 11.5. The molecule has 7 atom stereocenters. The topological polar surface area (TPSA) is 213 Å². The summed E-state index contributed by atoms with van der Waals surface area (Å²) in [5, 5.41) is 2.88. The highest BCUT2D eigenvalue weighted by atomic mass is 31.2. The zero-order valence-corrected chi connectivity index (χ0v) is 44.1. The number of nitrogens with one attached hydrogen (secondary N) is 3. The van der Waals surface area contributed by atoms with Crippen molar-refractivity contribution in [1.29, 1.82) is 0 Å². The van der Waals surface area contributed by atoms with Crippen LogP contribution in [0.3, 0.4) is 0 Å². The summed E-state index contributed by atoms with van der Waals surface area (Å²) in [6, 6.07) is 24.8. The lowest BCUT2D eigenvalue weighted by molar-refractivity contribution is -0.0936. The standard InChI is InChI=1S/C51H68N5O13PSi/c1-11-12-26-52-70(61,65-32-43-41(69-71(9,10)50(4,5)6)28-45(67-43)56-30-34(3)47(58)54-49(56)60)68-40-27-44(55-29-33(2)46(57)53-48(55)59)66-42(40)31-64-51(35-16-14-13-15-17-35,36-18-22-38(62-7)23-19-36)37-20-24-39(63-8)25-21-37/h13-25,29-30,40-45H,11-12,26-28,31-32H2,1-10H3,(H,52,61)(H,53,57,59)(H,54,58,60)/t40-,41-,42+,43+,44+,45+,70?/m0/s1. The van der Waals surface area contributed by atoms with Gasteiger partial charge in [0, 0.05) is 42.9 Å². The van der Waals surface area contributed by atoms with Crippen molar-refractivity contribution in [2.75, 3.05) is 34.0 Å². The molecule has 3 N–H and O–H groups in total. The molecule has 0 saturated carbocycles. The van der Waals surface area contributed by atoms with Gasteiger partial charge in [0.2, 0.25) is 0 Å². The average Bonchev–Trinajstić information content (AvgIpc) is 3.93. The summed E-state index contributed by atoms with van der Waals surface area (Å²) in [5.41, 5.74) is -0.724. The maximum Gasteiger partial charge on any atom is 0.405 e. The van der Waals surface area contributed by atoms with Gasteiger partial charge in [-0.05, 0) is 79.4 Å². The predicted molar refractivity (Wildman–Crippen MR) is 271 cm³/mol. The number of nitrogens with zero attached hydrogens (tertiary/aromatic N) is 2. The van der Waals surface area contributed by atoms with Crippen LogP contribution in [0.15, 0.2) is 110 Å². The highest BCUT2D eigenvalue weighted by molar-refractivity contribution is 7.51. The summed E-state index contributed by atoms with van der Waals surface area (Å²) in [7, 11) is -3.59. The molecule has 0 bridgehead atoms. The first-order chi connectivity index (χ1) is 33.7. The van der Waals surface area contributed by atoms with E-state index in [2.05, 4.69) is 48.9 Å². The Balaban J connectivity index is 1.26. The van der Waals surface area contributed by atoms with E-state index in [1.54, 1.807) is 28.1 Å². The molecule has 0 radical (unpaired) electrons. The first-order valence-corrected chi connectivity index (χ1v) is 28.5. The molecule has 0 amide bonds. The Kier molecular flexibility index (Phi) is 16.8. The Hall–Kier alpha value is -5.21. The summed E-state index contributed by atoms with van der Waals surface area (Å²) < 4.78 is 69.6. The highest BCUT2D eigenvalue weighted by Gasteiger charge is 2.49. The zero-order valence-electron chi connectivity index (χ0n) is 42.2. The third-order valence-electron chi connectivity index (χ3n) is 13.7. The van der Waals surface area contributed by atoms with Gasteiger partial charge in [0.1, 0.15) is 47.9 Å². The normalized spacial score (nSPS) is 21.5. The molecule has 0 spiro atoms. The van der Waals surface area contributed by atoms with Crippen molar-refractivity contribution in [2.24, 2.45) is 0 Å². The Morgan fingerprint density at radius 3 is 1.68 bits per heavy atom. The van der Waals surface area contributed by atoms with Crippen molar-refractivity contribution in [1.82, 2.24) is 24.2 Å². The van der Waals surface area contributed by atoms with Crippen LogP contribution in [0, 0.1) is 13.8 Å². The van der Waals surface area contributed by atoms with Crippen molar-refractivity contribution in [3.63, 3.8) is 0 Å². The molecule has 2 fully saturated rings. The first-order valence-electron chi connectivity index (χ1n) is 24.0. The molecule has 2 aliphatic heterocycles. The first kappa shape index (κ1) is 53.6. The molecule has 7 rings (SSSR count). The van der Waals surface area contributed by atoms with E-state index in [4.69, 9.17) is 37.2 Å². The van der Waals surface area contributed by atoms with E-state index in [1.165, 1.54) is 21.5 Å². The van der Waals surface area contributed by atoms with Crippen LogP contribution in [0.1, 0.15) is 93.7 Å². The molecule has 2 aliphatic rings. The maximum atomic E-state index is 15.4. The fraction of sp³-hybridized carbons (Fsp3) is 0.490. The molecule has 0 aliphatic carbocycles. The summed E-state index contributed by atoms with van der Waals surface area (Å²) in [4.78, 5) is 56.2. The Morgan fingerprint density at radius 1 is 0.718 bits per heavy atom. The van der Waals surface area contributed by atoms with Gasteiger partial charge in [0.25, 0.3) is 11.1 Å². The van der Waals surface area contributed by atoms with Gasteiger partial charge in [0.15, 0.2) is 8.32 Å². The van der Waals surface area contributed by atoms with Crippen LogP contribution < -0.4 is 37.1 Å². The van der Waals surface area contributed by atoms with E-state index in [1.807, 2.05) is 85.8 Å². The molecule has 20 heteroatoms. The van der Waals surface area contributed by atoms with E-state index in [9.17, 15) is 19.2 Å². The minimum atomic E-state index is -4.32. The van der Waals surface area contributed by atoms with Gasteiger partial charge in [0.05, 0.1) is 33.5 Å². The largest absolute Gasteiger partial charge is 0.497 e. The number of hydrogen-bond acceptors (Lipinski definition) is 13. The molecular weight excluding hydrogens is 950 g/mol. The summed E-state index contributed by atoms with van der Waals surface area (Å²) in [5.74, 6) is 1.29. The molecule has 384 valence electrons. The minimum Gasteiger partial charge on any atom is -0.497 e. The molecule has 18 nitrogen and oxygen atoms in total. The van der Waals surface area contributed by atoms with Gasteiger partial charge >= 0.3 is 19.1 Å². The van der Waals surface area contributed by atoms with E-state index < -0.39 is 81.0 Å². The Labute approximate surface area is 414 Å². The zero-order chi connectivity index (χ0) is 51.3. The van der Waals surface area contributed by atoms with Gasteiger partial charge in [-0.15, -0.1) is 0 Å². The van der Waals surface area contributed by atoms with Crippen LogP contribution in [0.5, 0.6) is 11.5 Å². The van der Waals surface area contributed by atoms with Crippen LogP contribution in [-0.4, -0.2) is 85.8 Å². The van der Waals surface area contributed by atoms with E-state index in [0.717, 1.165) is 23.1 Å². The fourth-order valence-electron chi connectivity index (χ4n) is 8.57. The van der Waals surface area contributed by atoms with Crippen molar-refractivity contribution >= 4 is 16.1 Å². The van der Waals surface area contributed by atoms with Gasteiger partial charge in [-0.3, -0.25) is 37.7 Å². The highest BCUT2D eigenvalue weighted by Crippen LogP contribution is 2.51. The van der Waals surface area contributed by atoms with Gasteiger partial charge < -0.3 is 28.1 Å². The number of aromatic nitrogens is 4. The van der Waals surface area contributed by atoms with Crippen LogP contribution >= 0.6 is 7.75 Å². The van der Waals surface area contributed by atoms with E-state index in [-0.39, 0.29) is 43.2 Å². The number of ether oxygens (including phenoxy) is 5. The number of benzene rings is 3. The van der Waals surface area contributed by atoms with Crippen LogP contribution in [0.4, 0.5) is 0 Å². The minimum absolute atomic E-state index is 0.000772. The average molecular weight is 1020 g/mol. The quantitative estimate of drug-likeness (QED) is 0.0280. The number of H-pyrrole nitrogens is 2. The van der Waals surface area contributed by atoms with Crippen molar-refractivity contribution in [2.45, 2.75) is 128 Å². The SMILES string of the molecule is CCCCNP(=O)(OC[C@H]1O[C@@H](n2cc(C)c(=O)[nH]c2=O)C[C@@H]1O[Si](C)(C)C(C)(C)C)O[C@H]1C[C@H](n2cc(C)c(=O)[nH]c2=O)O[C@@H]1COC(c1ccccc1)(c1ccc(OC)cc1)c1ccc(OC)cc1. The third kappa shape index (κ3) is 12.0. The molecule has 71 heavy (non-hydrogen) atoms. The Morgan fingerprint density at radius 2 is 1.20 bits per heavy atom. The number of rotatable bonds is 21. The third-order valence-corrected chi connectivity index (χ3v) is 19.8. The maximum absolute atomic E-state index is 15.4. The second kappa shape index (κ2) is 22.3. The van der Waals surface area contributed by atoms with Crippen molar-refractivity contribution in [3.8, 4) is 11.5 Å². The number of aryl methyl sites for hydroxylation is 2. The monoisotopic (exact) mass is 1020 g/mol. The second-order valence-corrected chi connectivity index (χ2v) is 26.2. The van der Waals surface area contributed by atoms with E-state index in [0.29, 0.717) is 23.5 Å². The van der Waals surface area contributed by atoms with Gasteiger partial charge in [-0.2, -0.15) is 0 Å². The van der Waals surface area contributed by atoms with Crippen molar-refractivity contribution < 1.29 is 41.7 Å². The second-order valence-electron chi connectivity index (χ2n) is 19.6. The van der Waals surface area contributed by atoms with Gasteiger partial charge in [-0.25, -0.2) is 19.2 Å². The molecule has 5 aromatic rings. The smallest absolute Gasteiger partial charge is 0.405 e.